The molecule has 0 saturated heterocycles. The third kappa shape index (κ3) is 4.24. The molecule has 1 N–H and O–H groups in total. The average molecular weight is 430 g/mol. The minimum Gasteiger partial charge on any atom is -0.497 e. The monoisotopic (exact) mass is 430 g/mol. The first kappa shape index (κ1) is 20.9. The highest BCUT2D eigenvalue weighted by molar-refractivity contribution is 5.80. The zero-order valence-electron chi connectivity index (χ0n) is 18.1. The van der Waals surface area contributed by atoms with Crippen molar-refractivity contribution in [3.05, 3.63) is 81.8 Å². The van der Waals surface area contributed by atoms with Crippen LogP contribution in [0.1, 0.15) is 22.8 Å². The summed E-state index contributed by atoms with van der Waals surface area (Å²) < 4.78 is 7.70. The molecule has 4 rings (SSSR count). The van der Waals surface area contributed by atoms with Crippen LogP contribution in [-0.4, -0.2) is 38.0 Å². The van der Waals surface area contributed by atoms with Gasteiger partial charge < -0.3 is 4.74 Å². The molecular formula is C22H22N8O2. The van der Waals surface area contributed by atoms with Gasteiger partial charge in [-0.3, -0.25) is 5.10 Å². The van der Waals surface area contributed by atoms with E-state index in [9.17, 15) is 4.79 Å². The maximum Gasteiger partial charge on any atom is 0.371 e. The van der Waals surface area contributed by atoms with Crippen LogP contribution in [0.3, 0.4) is 0 Å². The molecule has 0 aliphatic heterocycles. The van der Waals surface area contributed by atoms with E-state index in [1.807, 2.05) is 38.1 Å². The molecule has 10 nitrogen and oxygen atoms in total. The van der Waals surface area contributed by atoms with Crippen LogP contribution in [0.4, 0.5) is 11.4 Å². The Morgan fingerprint density at radius 3 is 2.34 bits per heavy atom. The van der Waals surface area contributed by atoms with Gasteiger partial charge in [0.1, 0.15) is 11.4 Å². The van der Waals surface area contributed by atoms with Gasteiger partial charge in [-0.05, 0) is 62.7 Å². The lowest BCUT2D eigenvalue weighted by Crippen LogP contribution is -2.21. The summed E-state index contributed by atoms with van der Waals surface area (Å²) in [5.74, 6) is 1.17. The fourth-order valence-corrected chi connectivity index (χ4v) is 3.03. The predicted molar refractivity (Wildman–Crippen MR) is 121 cm³/mol. The van der Waals surface area contributed by atoms with Gasteiger partial charge in [-0.1, -0.05) is 12.1 Å². The van der Waals surface area contributed by atoms with Gasteiger partial charge in [0.05, 0.1) is 36.1 Å². The molecule has 0 unspecified atom stereocenters. The smallest absolute Gasteiger partial charge is 0.371 e. The molecule has 0 spiro atoms. The van der Waals surface area contributed by atoms with Gasteiger partial charge in [-0.15, -0.1) is 10.2 Å². The Bertz CT molecular complexity index is 1320. The first-order valence-electron chi connectivity index (χ1n) is 9.87. The molecule has 2 aromatic carbocycles. The Balaban J connectivity index is 1.52. The molecule has 0 saturated carbocycles. The lowest BCUT2D eigenvalue weighted by atomic mass is 10.2. The summed E-state index contributed by atoms with van der Waals surface area (Å²) in [6.07, 6.45) is 1.60. The molecule has 10 heteroatoms. The van der Waals surface area contributed by atoms with Crippen molar-refractivity contribution in [3.63, 3.8) is 0 Å². The predicted octanol–water partition coefficient (Wildman–Crippen LogP) is 3.99. The largest absolute Gasteiger partial charge is 0.497 e. The quantitative estimate of drug-likeness (QED) is 0.368. The van der Waals surface area contributed by atoms with Gasteiger partial charge in [0.25, 0.3) is 0 Å². The third-order valence-corrected chi connectivity index (χ3v) is 4.80. The highest BCUT2D eigenvalue weighted by Gasteiger charge is 2.11. The maximum absolute atomic E-state index is 12.8. The standard InChI is InChI=1S/C22H22N8O2/c1-14-21(15(2)25-24-14)27-26-18-7-5-17(6-8-18)13-23-29-16(3)28-30(22(29)31)19-9-11-20(32-4)12-10-19/h5-13H,1-4H3,(H,24,25)/b23-13+,27-26?. The highest BCUT2D eigenvalue weighted by atomic mass is 16.5. The van der Waals surface area contributed by atoms with E-state index in [0.29, 0.717) is 22.9 Å². The molecule has 4 aromatic rings. The number of nitrogens with zero attached hydrogens (tertiary/aromatic N) is 7. The Morgan fingerprint density at radius 2 is 1.72 bits per heavy atom. The number of nitrogens with one attached hydrogen (secondary N) is 1. The van der Waals surface area contributed by atoms with E-state index < -0.39 is 0 Å². The van der Waals surface area contributed by atoms with Crippen molar-refractivity contribution < 1.29 is 4.74 Å². The number of rotatable bonds is 6. The number of aryl methyl sites for hydroxylation is 3. The van der Waals surface area contributed by atoms with Crippen LogP contribution in [0.15, 0.2) is 68.7 Å². The van der Waals surface area contributed by atoms with Gasteiger partial charge in [0.15, 0.2) is 5.82 Å². The summed E-state index contributed by atoms with van der Waals surface area (Å²) in [4.78, 5) is 12.8. The number of aromatic amines is 1. The van der Waals surface area contributed by atoms with Crippen molar-refractivity contribution in [1.29, 1.82) is 0 Å². The molecule has 2 heterocycles. The average Bonchev–Trinajstić information content (AvgIpc) is 3.28. The SMILES string of the molecule is COc1ccc(-n2nc(C)n(/N=C/c3ccc(N=Nc4c(C)n[nH]c4C)cc3)c2=O)cc1. The molecule has 32 heavy (non-hydrogen) atoms. The van der Waals surface area contributed by atoms with Crippen LogP contribution in [0.2, 0.25) is 0 Å². The Labute approximate surface area is 183 Å². The fourth-order valence-electron chi connectivity index (χ4n) is 3.03. The number of hydrogen-bond donors (Lipinski definition) is 1. The second kappa shape index (κ2) is 8.80. The van der Waals surface area contributed by atoms with Crippen molar-refractivity contribution in [2.75, 3.05) is 7.11 Å². The summed E-state index contributed by atoms with van der Waals surface area (Å²) in [6, 6.07) is 14.4. The van der Waals surface area contributed by atoms with E-state index >= 15 is 0 Å². The van der Waals surface area contributed by atoms with Crippen LogP contribution < -0.4 is 10.4 Å². The first-order valence-corrected chi connectivity index (χ1v) is 9.87. The van der Waals surface area contributed by atoms with Crippen LogP contribution in [0.25, 0.3) is 5.69 Å². The van der Waals surface area contributed by atoms with Crippen LogP contribution in [-0.2, 0) is 0 Å². The number of H-pyrrole nitrogens is 1. The fraction of sp³-hybridized carbons (Fsp3) is 0.182. The van der Waals surface area contributed by atoms with Crippen molar-refractivity contribution >= 4 is 17.6 Å². The lowest BCUT2D eigenvalue weighted by molar-refractivity contribution is 0.414. The number of benzene rings is 2. The van der Waals surface area contributed by atoms with E-state index in [0.717, 1.165) is 22.6 Å². The molecular weight excluding hydrogens is 408 g/mol. The zero-order chi connectivity index (χ0) is 22.7. The number of aromatic nitrogens is 5. The number of ether oxygens (including phenoxy) is 1. The second-order valence-corrected chi connectivity index (χ2v) is 7.07. The summed E-state index contributed by atoms with van der Waals surface area (Å²) in [6.45, 7) is 5.49. The Kier molecular flexibility index (Phi) is 5.75. The first-order chi connectivity index (χ1) is 15.5. The van der Waals surface area contributed by atoms with Gasteiger partial charge in [0.2, 0.25) is 0 Å². The molecule has 0 atom stereocenters. The molecule has 0 radical (unpaired) electrons. The normalized spacial score (nSPS) is 11.6. The van der Waals surface area contributed by atoms with Crippen molar-refractivity contribution in [3.8, 4) is 11.4 Å². The minimum atomic E-state index is -0.361. The van der Waals surface area contributed by atoms with Crippen LogP contribution in [0.5, 0.6) is 5.75 Å². The summed E-state index contributed by atoms with van der Waals surface area (Å²) >= 11 is 0. The lowest BCUT2D eigenvalue weighted by Gasteiger charge is -2.01. The van der Waals surface area contributed by atoms with Crippen molar-refractivity contribution in [2.45, 2.75) is 20.8 Å². The van der Waals surface area contributed by atoms with Gasteiger partial charge in [-0.25, -0.2) is 4.79 Å². The van der Waals surface area contributed by atoms with E-state index in [-0.39, 0.29) is 5.69 Å². The second-order valence-electron chi connectivity index (χ2n) is 7.07. The Hall–Kier alpha value is -4.34. The van der Waals surface area contributed by atoms with Gasteiger partial charge in [-0.2, -0.15) is 24.7 Å². The molecule has 0 fully saturated rings. The zero-order valence-corrected chi connectivity index (χ0v) is 18.1. The van der Waals surface area contributed by atoms with E-state index in [1.165, 1.54) is 9.36 Å². The topological polar surface area (TPSA) is 115 Å². The maximum atomic E-state index is 12.8. The summed E-state index contributed by atoms with van der Waals surface area (Å²) in [5, 5.41) is 24.1. The number of azo groups is 1. The number of methoxy groups -OCH3 is 1. The highest BCUT2D eigenvalue weighted by Crippen LogP contribution is 2.23. The summed E-state index contributed by atoms with van der Waals surface area (Å²) in [5.41, 5.74) is 4.17. The molecule has 0 aliphatic rings. The molecule has 0 bridgehead atoms. The van der Waals surface area contributed by atoms with E-state index in [4.69, 9.17) is 4.74 Å². The van der Waals surface area contributed by atoms with Crippen molar-refractivity contribution in [1.82, 2.24) is 24.7 Å². The minimum absolute atomic E-state index is 0.361. The van der Waals surface area contributed by atoms with E-state index in [2.05, 4.69) is 30.6 Å². The molecule has 2 aromatic heterocycles. The van der Waals surface area contributed by atoms with Crippen LogP contribution in [0, 0.1) is 20.8 Å². The number of hydrogen-bond acceptors (Lipinski definition) is 7. The Morgan fingerprint density at radius 1 is 1.00 bits per heavy atom. The van der Waals surface area contributed by atoms with Crippen molar-refractivity contribution in [2.24, 2.45) is 15.3 Å². The van der Waals surface area contributed by atoms with Gasteiger partial charge in [0, 0.05) is 0 Å². The molecule has 162 valence electrons. The molecule has 0 aliphatic carbocycles. The van der Waals surface area contributed by atoms with Gasteiger partial charge >= 0.3 is 5.69 Å². The third-order valence-electron chi connectivity index (χ3n) is 4.80. The summed E-state index contributed by atoms with van der Waals surface area (Å²) in [7, 11) is 1.59. The van der Waals surface area contributed by atoms with E-state index in [1.54, 1.807) is 44.5 Å². The molecule has 0 amide bonds. The van der Waals surface area contributed by atoms with Crippen LogP contribution >= 0.6 is 0 Å².